The van der Waals surface area contributed by atoms with Gasteiger partial charge >= 0.3 is 5.97 Å². The Bertz CT molecular complexity index is 203. The Morgan fingerprint density at radius 1 is 1.23 bits per heavy atom. The minimum Gasteiger partial charge on any atom is -0.481 e. The van der Waals surface area contributed by atoms with Crippen LogP contribution in [0, 0.1) is 5.41 Å². The van der Waals surface area contributed by atoms with Crippen molar-refractivity contribution < 1.29 is 25.2 Å². The van der Waals surface area contributed by atoms with Gasteiger partial charge in [-0.15, -0.1) is 0 Å². The third kappa shape index (κ3) is 1.82. The Morgan fingerprint density at radius 3 is 1.92 bits per heavy atom. The van der Waals surface area contributed by atoms with Crippen LogP contribution in [-0.2, 0) is 4.79 Å². The van der Waals surface area contributed by atoms with E-state index >= 15 is 0 Å². The van der Waals surface area contributed by atoms with Crippen molar-refractivity contribution in [2.45, 2.75) is 38.1 Å². The number of hydrogen-bond donors (Lipinski definition) is 4. The molecular weight excluding hydrogens is 176 g/mol. The van der Waals surface area contributed by atoms with Crippen LogP contribution >= 0.6 is 0 Å². The number of carbonyl (C=O) groups is 1. The van der Waals surface area contributed by atoms with Crippen LogP contribution in [0.1, 0.15) is 19.8 Å². The lowest BCUT2D eigenvalue weighted by Gasteiger charge is -2.38. The molecule has 0 radical (unpaired) electrons. The summed E-state index contributed by atoms with van der Waals surface area (Å²) in [7, 11) is 0. The minimum atomic E-state index is -1.23. The van der Waals surface area contributed by atoms with E-state index in [2.05, 4.69) is 0 Å². The van der Waals surface area contributed by atoms with Gasteiger partial charge in [0, 0.05) is 0 Å². The lowest BCUT2D eigenvalue weighted by molar-refractivity contribution is -0.166. The first-order chi connectivity index (χ1) is 5.87. The van der Waals surface area contributed by atoms with E-state index in [1.165, 1.54) is 6.92 Å². The first-order valence-corrected chi connectivity index (χ1v) is 4.14. The van der Waals surface area contributed by atoms with E-state index in [1.54, 1.807) is 0 Å². The van der Waals surface area contributed by atoms with Crippen LogP contribution in [0.2, 0.25) is 0 Å². The van der Waals surface area contributed by atoms with Crippen molar-refractivity contribution in [1.82, 2.24) is 0 Å². The van der Waals surface area contributed by atoms with Crippen LogP contribution < -0.4 is 0 Å². The molecule has 4 N–H and O–H groups in total. The molecule has 0 saturated heterocycles. The van der Waals surface area contributed by atoms with Crippen molar-refractivity contribution >= 4 is 5.97 Å². The Balaban J connectivity index is 2.79. The zero-order chi connectivity index (χ0) is 10.2. The van der Waals surface area contributed by atoms with E-state index in [-0.39, 0.29) is 12.8 Å². The average Bonchev–Trinajstić information content (AvgIpc) is 2.00. The van der Waals surface area contributed by atoms with Gasteiger partial charge in [-0.3, -0.25) is 4.79 Å². The topological polar surface area (TPSA) is 98.0 Å². The molecule has 1 saturated carbocycles. The Hall–Kier alpha value is -0.650. The van der Waals surface area contributed by atoms with E-state index in [0.29, 0.717) is 0 Å². The highest BCUT2D eigenvalue weighted by Crippen LogP contribution is 2.36. The maximum Gasteiger partial charge on any atom is 0.309 e. The molecule has 2 atom stereocenters. The molecule has 76 valence electrons. The first kappa shape index (κ1) is 10.4. The Labute approximate surface area is 75.6 Å². The van der Waals surface area contributed by atoms with E-state index in [4.69, 9.17) is 10.2 Å². The smallest absolute Gasteiger partial charge is 0.309 e. The molecule has 0 aliphatic heterocycles. The summed E-state index contributed by atoms with van der Waals surface area (Å²) >= 11 is 0. The van der Waals surface area contributed by atoms with Gasteiger partial charge in [0.15, 0.2) is 0 Å². The third-order valence-electron chi connectivity index (χ3n) is 2.62. The van der Waals surface area contributed by atoms with Gasteiger partial charge < -0.3 is 20.4 Å². The normalized spacial score (nSPS) is 46.0. The van der Waals surface area contributed by atoms with Gasteiger partial charge in [0.25, 0.3) is 0 Å². The largest absolute Gasteiger partial charge is 0.481 e. The van der Waals surface area contributed by atoms with Gasteiger partial charge in [-0.1, -0.05) is 0 Å². The fourth-order valence-electron chi connectivity index (χ4n) is 1.68. The van der Waals surface area contributed by atoms with Gasteiger partial charge in [-0.2, -0.15) is 0 Å². The van der Waals surface area contributed by atoms with Crippen LogP contribution in [0.4, 0.5) is 0 Å². The summed E-state index contributed by atoms with van der Waals surface area (Å²) in [6.45, 7) is 1.45. The summed E-state index contributed by atoms with van der Waals surface area (Å²) in [6, 6.07) is 0. The molecule has 1 aliphatic carbocycles. The van der Waals surface area contributed by atoms with E-state index < -0.39 is 29.7 Å². The van der Waals surface area contributed by atoms with Crippen LogP contribution in [-0.4, -0.2) is 44.7 Å². The Kier molecular flexibility index (Phi) is 2.61. The fourth-order valence-corrected chi connectivity index (χ4v) is 1.68. The van der Waals surface area contributed by atoms with Gasteiger partial charge in [-0.05, 0) is 19.8 Å². The number of carboxylic acids is 1. The zero-order valence-corrected chi connectivity index (χ0v) is 7.34. The molecule has 0 bridgehead atoms. The highest BCUT2D eigenvalue weighted by molar-refractivity contribution is 5.74. The van der Waals surface area contributed by atoms with E-state index in [9.17, 15) is 15.0 Å². The fraction of sp³-hybridized carbons (Fsp3) is 0.875. The van der Waals surface area contributed by atoms with Gasteiger partial charge in [0.05, 0.1) is 17.6 Å². The summed E-state index contributed by atoms with van der Waals surface area (Å²) in [6.07, 6.45) is -3.61. The summed E-state index contributed by atoms with van der Waals surface area (Å²) in [4.78, 5) is 10.8. The van der Waals surface area contributed by atoms with Crippen molar-refractivity contribution in [3.8, 4) is 0 Å². The number of aliphatic carboxylic acids is 1. The second-order valence-corrected chi connectivity index (χ2v) is 3.90. The number of aliphatic hydroxyl groups excluding tert-OH is 3. The molecule has 5 heteroatoms. The predicted octanol–water partition coefficient (Wildman–Crippen LogP) is -1.05. The molecule has 0 amide bonds. The van der Waals surface area contributed by atoms with Crippen molar-refractivity contribution in [1.29, 1.82) is 0 Å². The highest BCUT2D eigenvalue weighted by Gasteiger charge is 2.46. The SMILES string of the molecule is CC1(C(=O)O)CC(O)C(O)C(O)C1. The van der Waals surface area contributed by atoms with Gasteiger partial charge in [-0.25, -0.2) is 0 Å². The summed E-state index contributed by atoms with van der Waals surface area (Å²) in [5.74, 6) is -1.06. The second-order valence-electron chi connectivity index (χ2n) is 3.90. The molecule has 5 nitrogen and oxygen atoms in total. The molecule has 2 unspecified atom stereocenters. The Morgan fingerprint density at radius 2 is 1.62 bits per heavy atom. The average molecular weight is 190 g/mol. The lowest BCUT2D eigenvalue weighted by atomic mass is 9.72. The monoisotopic (exact) mass is 190 g/mol. The van der Waals surface area contributed by atoms with Gasteiger partial charge in [0.2, 0.25) is 0 Å². The molecule has 0 spiro atoms. The second kappa shape index (κ2) is 3.25. The maximum absolute atomic E-state index is 10.8. The minimum absolute atomic E-state index is 0.0272. The zero-order valence-electron chi connectivity index (χ0n) is 7.34. The van der Waals surface area contributed by atoms with Crippen LogP contribution in [0.3, 0.4) is 0 Å². The quantitative estimate of drug-likeness (QED) is 0.423. The number of carboxylic acid groups (broad SMARTS) is 1. The van der Waals surface area contributed by atoms with Crippen molar-refractivity contribution in [2.75, 3.05) is 0 Å². The molecule has 1 fully saturated rings. The number of hydrogen-bond acceptors (Lipinski definition) is 4. The van der Waals surface area contributed by atoms with E-state index in [0.717, 1.165) is 0 Å². The standard InChI is InChI=1S/C8H14O5/c1-8(7(12)13)2-4(9)6(11)5(10)3-8/h4-6,9-11H,2-3H2,1H3,(H,12,13). The molecule has 0 heterocycles. The van der Waals surface area contributed by atoms with Gasteiger partial charge in [0.1, 0.15) is 6.10 Å². The van der Waals surface area contributed by atoms with Crippen LogP contribution in [0.5, 0.6) is 0 Å². The predicted molar refractivity (Wildman–Crippen MR) is 43.0 cm³/mol. The highest BCUT2D eigenvalue weighted by atomic mass is 16.4. The summed E-state index contributed by atoms with van der Waals surface area (Å²) < 4.78 is 0. The molecule has 0 aromatic heterocycles. The third-order valence-corrected chi connectivity index (χ3v) is 2.62. The van der Waals surface area contributed by atoms with E-state index in [1.807, 2.05) is 0 Å². The number of rotatable bonds is 1. The molecule has 0 aromatic carbocycles. The molecule has 0 aromatic rings. The number of aliphatic hydroxyl groups is 3. The van der Waals surface area contributed by atoms with Crippen molar-refractivity contribution in [3.05, 3.63) is 0 Å². The van der Waals surface area contributed by atoms with Crippen molar-refractivity contribution in [3.63, 3.8) is 0 Å². The molecule has 1 rings (SSSR count). The molecular formula is C8H14O5. The maximum atomic E-state index is 10.8. The molecule has 13 heavy (non-hydrogen) atoms. The molecule has 1 aliphatic rings. The van der Waals surface area contributed by atoms with Crippen LogP contribution in [0.25, 0.3) is 0 Å². The van der Waals surface area contributed by atoms with Crippen LogP contribution in [0.15, 0.2) is 0 Å². The first-order valence-electron chi connectivity index (χ1n) is 4.14. The van der Waals surface area contributed by atoms with Crippen molar-refractivity contribution in [2.24, 2.45) is 5.41 Å². The summed E-state index contributed by atoms with van der Waals surface area (Å²) in [5, 5.41) is 36.5. The lowest BCUT2D eigenvalue weighted by Crippen LogP contribution is -2.50. The summed E-state index contributed by atoms with van der Waals surface area (Å²) in [5.41, 5.74) is -1.14.